The molecule has 0 radical (unpaired) electrons. The summed E-state index contributed by atoms with van der Waals surface area (Å²) in [5, 5.41) is 16.3. The first-order valence-electron chi connectivity index (χ1n) is 4.88. The Hall–Kier alpha value is -0.610. The van der Waals surface area contributed by atoms with Crippen molar-refractivity contribution in [2.75, 3.05) is 26.2 Å². The lowest BCUT2D eigenvalue weighted by Crippen LogP contribution is -2.32. The third kappa shape index (κ3) is 11.4. The van der Waals surface area contributed by atoms with Crippen LogP contribution in [0.25, 0.3) is 0 Å². The highest BCUT2D eigenvalue weighted by Crippen LogP contribution is 1.80. The Labute approximate surface area is 79.7 Å². The Morgan fingerprint density at radius 3 is 2.31 bits per heavy atom. The second-order valence-corrected chi connectivity index (χ2v) is 2.98. The third-order valence-electron chi connectivity index (χ3n) is 1.69. The zero-order valence-corrected chi connectivity index (χ0v) is 8.27. The van der Waals surface area contributed by atoms with Gasteiger partial charge in [0.15, 0.2) is 0 Å². The van der Waals surface area contributed by atoms with Crippen molar-refractivity contribution in [1.29, 1.82) is 0 Å². The van der Waals surface area contributed by atoms with Crippen LogP contribution in [0, 0.1) is 0 Å². The van der Waals surface area contributed by atoms with Gasteiger partial charge in [-0.15, -0.1) is 0 Å². The van der Waals surface area contributed by atoms with Crippen molar-refractivity contribution in [2.24, 2.45) is 0 Å². The predicted octanol–water partition coefficient (Wildman–Crippen LogP) is -0.894. The molecule has 0 atom stereocenters. The highest BCUT2D eigenvalue weighted by Gasteiger charge is 1.88. The van der Waals surface area contributed by atoms with E-state index in [9.17, 15) is 9.90 Å². The molecule has 0 bridgehead atoms. The topological polar surface area (TPSA) is 64.2 Å². The number of aliphatic carboxylic acids is 1. The molecule has 0 spiro atoms. The largest absolute Gasteiger partial charge is 0.550 e. The van der Waals surface area contributed by atoms with Gasteiger partial charge >= 0.3 is 0 Å². The molecule has 0 fully saturated rings. The van der Waals surface area contributed by atoms with Gasteiger partial charge in [0, 0.05) is 25.6 Å². The van der Waals surface area contributed by atoms with Crippen molar-refractivity contribution in [3.05, 3.63) is 0 Å². The van der Waals surface area contributed by atoms with Crippen LogP contribution in [0.15, 0.2) is 0 Å². The van der Waals surface area contributed by atoms with E-state index in [1.165, 1.54) is 12.8 Å². The Kier molecular flexibility index (Phi) is 9.03. The molecule has 0 saturated heterocycles. The minimum Gasteiger partial charge on any atom is -0.550 e. The normalized spacial score (nSPS) is 10.2. The number of carboxylic acid groups (broad SMARTS) is 1. The molecule has 0 aliphatic carbocycles. The van der Waals surface area contributed by atoms with Crippen LogP contribution in [0.4, 0.5) is 0 Å². The Balaban J connectivity index is 2.87. The standard InChI is InChI=1S/C9H20N2O2/c1-2-3-5-10-7-8-11-6-4-9(12)13/h10-11H,2-8H2,1H3,(H,12,13)/p-1. The third-order valence-corrected chi connectivity index (χ3v) is 1.69. The van der Waals surface area contributed by atoms with Gasteiger partial charge in [-0.25, -0.2) is 0 Å². The summed E-state index contributed by atoms with van der Waals surface area (Å²) in [5.41, 5.74) is 0. The van der Waals surface area contributed by atoms with E-state index in [0.717, 1.165) is 19.6 Å². The number of carbonyl (C=O) groups is 1. The SMILES string of the molecule is CCCCNCCNCCC(=O)[O-]. The molecular formula is C9H19N2O2-. The molecule has 0 amide bonds. The molecule has 0 aromatic rings. The van der Waals surface area contributed by atoms with Crippen molar-refractivity contribution < 1.29 is 9.90 Å². The van der Waals surface area contributed by atoms with E-state index < -0.39 is 5.97 Å². The lowest BCUT2D eigenvalue weighted by molar-refractivity contribution is -0.305. The summed E-state index contributed by atoms with van der Waals surface area (Å²) in [6.45, 7) is 5.40. The highest BCUT2D eigenvalue weighted by molar-refractivity contribution is 5.64. The molecule has 0 unspecified atom stereocenters. The number of hydrogen-bond acceptors (Lipinski definition) is 4. The summed E-state index contributed by atoms with van der Waals surface area (Å²) in [6.07, 6.45) is 2.49. The summed E-state index contributed by atoms with van der Waals surface area (Å²) in [6, 6.07) is 0. The summed E-state index contributed by atoms with van der Waals surface area (Å²) in [7, 11) is 0. The van der Waals surface area contributed by atoms with Crippen LogP contribution in [0.2, 0.25) is 0 Å². The van der Waals surface area contributed by atoms with Crippen LogP contribution in [0.1, 0.15) is 26.2 Å². The number of rotatable bonds is 9. The lowest BCUT2D eigenvalue weighted by Gasteiger charge is -2.06. The van der Waals surface area contributed by atoms with Crippen molar-refractivity contribution in [3.8, 4) is 0 Å². The number of carbonyl (C=O) groups excluding carboxylic acids is 1. The van der Waals surface area contributed by atoms with Crippen LogP contribution < -0.4 is 15.7 Å². The summed E-state index contributed by atoms with van der Waals surface area (Å²) >= 11 is 0. The number of nitrogens with one attached hydrogen (secondary N) is 2. The quantitative estimate of drug-likeness (QED) is 0.459. The lowest BCUT2D eigenvalue weighted by atomic mass is 10.3. The molecule has 0 aromatic carbocycles. The molecule has 0 rings (SSSR count). The van der Waals surface area contributed by atoms with E-state index in [1.54, 1.807) is 0 Å². The molecule has 0 aliphatic rings. The van der Waals surface area contributed by atoms with Crippen molar-refractivity contribution >= 4 is 5.97 Å². The fourth-order valence-electron chi connectivity index (χ4n) is 0.919. The average molecular weight is 187 g/mol. The molecule has 4 heteroatoms. The second-order valence-electron chi connectivity index (χ2n) is 2.98. The van der Waals surface area contributed by atoms with Gasteiger partial charge in [0.1, 0.15) is 0 Å². The zero-order valence-electron chi connectivity index (χ0n) is 8.27. The van der Waals surface area contributed by atoms with Crippen LogP contribution >= 0.6 is 0 Å². The predicted molar refractivity (Wildman–Crippen MR) is 50.3 cm³/mol. The number of unbranched alkanes of at least 4 members (excludes halogenated alkanes) is 1. The summed E-state index contributed by atoms with van der Waals surface area (Å²) < 4.78 is 0. The number of carboxylic acids is 1. The highest BCUT2D eigenvalue weighted by atomic mass is 16.4. The van der Waals surface area contributed by atoms with Crippen LogP contribution in [0.5, 0.6) is 0 Å². The van der Waals surface area contributed by atoms with Gasteiger partial charge in [0.2, 0.25) is 0 Å². The van der Waals surface area contributed by atoms with Gasteiger partial charge in [-0.2, -0.15) is 0 Å². The Morgan fingerprint density at radius 1 is 1.15 bits per heavy atom. The Bertz CT molecular complexity index is 129. The molecule has 2 N–H and O–H groups in total. The first-order valence-corrected chi connectivity index (χ1v) is 4.88. The minimum atomic E-state index is -0.994. The zero-order chi connectivity index (χ0) is 9.94. The molecule has 0 heterocycles. The molecule has 0 aliphatic heterocycles. The van der Waals surface area contributed by atoms with Gasteiger partial charge in [0.25, 0.3) is 0 Å². The minimum absolute atomic E-state index is 0.0922. The van der Waals surface area contributed by atoms with Crippen molar-refractivity contribution in [1.82, 2.24) is 10.6 Å². The molecule has 13 heavy (non-hydrogen) atoms. The molecule has 4 nitrogen and oxygen atoms in total. The smallest absolute Gasteiger partial charge is 0.0426 e. The van der Waals surface area contributed by atoms with E-state index in [1.807, 2.05) is 0 Å². The van der Waals surface area contributed by atoms with E-state index in [2.05, 4.69) is 17.6 Å². The van der Waals surface area contributed by atoms with Crippen LogP contribution in [-0.4, -0.2) is 32.1 Å². The molecule has 78 valence electrons. The fraction of sp³-hybridized carbons (Fsp3) is 0.889. The van der Waals surface area contributed by atoms with Crippen molar-refractivity contribution in [3.63, 3.8) is 0 Å². The van der Waals surface area contributed by atoms with E-state index >= 15 is 0 Å². The van der Waals surface area contributed by atoms with E-state index in [4.69, 9.17) is 0 Å². The van der Waals surface area contributed by atoms with E-state index in [-0.39, 0.29) is 6.42 Å². The Morgan fingerprint density at radius 2 is 1.77 bits per heavy atom. The van der Waals surface area contributed by atoms with Crippen LogP contribution in [0.3, 0.4) is 0 Å². The van der Waals surface area contributed by atoms with E-state index in [0.29, 0.717) is 6.54 Å². The average Bonchev–Trinajstić information content (AvgIpc) is 2.09. The maximum atomic E-state index is 10.0. The number of hydrogen-bond donors (Lipinski definition) is 2. The van der Waals surface area contributed by atoms with Crippen molar-refractivity contribution in [2.45, 2.75) is 26.2 Å². The van der Waals surface area contributed by atoms with Crippen LogP contribution in [-0.2, 0) is 4.79 Å². The molecule has 0 saturated carbocycles. The molecule has 0 aromatic heterocycles. The fourth-order valence-corrected chi connectivity index (χ4v) is 0.919. The van der Waals surface area contributed by atoms with Gasteiger partial charge in [-0.1, -0.05) is 13.3 Å². The van der Waals surface area contributed by atoms with Gasteiger partial charge in [-0.3, -0.25) is 0 Å². The van der Waals surface area contributed by atoms with Gasteiger partial charge in [0.05, 0.1) is 0 Å². The monoisotopic (exact) mass is 187 g/mol. The maximum absolute atomic E-state index is 10.0. The van der Waals surface area contributed by atoms with Gasteiger partial charge in [-0.05, 0) is 19.4 Å². The summed E-state index contributed by atoms with van der Waals surface area (Å²) in [4.78, 5) is 10.0. The first-order chi connectivity index (χ1) is 6.27. The van der Waals surface area contributed by atoms with Gasteiger partial charge < -0.3 is 20.5 Å². The second kappa shape index (κ2) is 9.48. The first kappa shape index (κ1) is 12.4. The molecular weight excluding hydrogens is 168 g/mol. The summed E-state index contributed by atoms with van der Waals surface area (Å²) in [5.74, 6) is -0.994. The maximum Gasteiger partial charge on any atom is 0.0426 e.